The van der Waals surface area contributed by atoms with E-state index in [0.717, 1.165) is 48.1 Å². The Labute approximate surface area is 251 Å². The number of fused-ring (bicyclic) bond motifs is 2. The first-order chi connectivity index (χ1) is 19.6. The number of rotatable bonds is 6. The van der Waals surface area contributed by atoms with Crippen molar-refractivity contribution in [3.8, 4) is 11.5 Å². The zero-order chi connectivity index (χ0) is 29.1. The molecule has 41 heavy (non-hydrogen) atoms. The molecule has 8 nitrogen and oxygen atoms in total. The average Bonchev–Trinajstić information content (AvgIpc) is 3.61. The van der Waals surface area contributed by atoms with Crippen molar-refractivity contribution in [3.63, 3.8) is 0 Å². The number of likely N-dealkylation sites (tertiary alicyclic amines) is 2. The number of carbonyl (C=O) groups excluding carboxylic acids is 1. The minimum Gasteiger partial charge on any atom is -0.448 e. The minimum absolute atomic E-state index is 0.117. The number of ether oxygens (including phenoxy) is 2. The largest absolute Gasteiger partial charge is 0.448 e. The van der Waals surface area contributed by atoms with Crippen molar-refractivity contribution in [1.82, 2.24) is 20.1 Å². The van der Waals surface area contributed by atoms with Crippen LogP contribution in [0.3, 0.4) is 0 Å². The maximum Gasteiger partial charge on any atom is 0.254 e. The number of hydrogen-bond donors (Lipinski definition) is 2. The highest BCUT2D eigenvalue weighted by Gasteiger charge is 2.49. The van der Waals surface area contributed by atoms with E-state index >= 15 is 0 Å². The summed E-state index contributed by atoms with van der Waals surface area (Å²) < 4.78 is 13.0. The standard InChI is InChI=1S/C31H41ClN4O4S/c1-17-10-26(41-5)24(30(38)34-17)12-33-29(37)23-11-25(32)28-27(18(23)2)39-31(3,40-28)21-6-8-22(9-7-21)36-15-19-13-35(4)14-20(19)16-36/h10-11,19-22H,6-9,12-16H2,1-5H3,(H,33,37)(H,34,38)/t19?,20?,21-,22+,31-/m1/s1. The Morgan fingerprint density at radius 2 is 1.76 bits per heavy atom. The predicted octanol–water partition coefficient (Wildman–Crippen LogP) is 4.84. The number of benzene rings is 1. The molecule has 6 rings (SSSR count). The number of hydrogen-bond acceptors (Lipinski definition) is 7. The number of halogens is 1. The monoisotopic (exact) mass is 600 g/mol. The van der Waals surface area contributed by atoms with E-state index in [4.69, 9.17) is 21.1 Å². The van der Waals surface area contributed by atoms with Gasteiger partial charge in [0.25, 0.3) is 17.3 Å². The van der Waals surface area contributed by atoms with Crippen LogP contribution in [0.15, 0.2) is 21.8 Å². The summed E-state index contributed by atoms with van der Waals surface area (Å²) in [6.45, 7) is 10.8. The second-order valence-corrected chi connectivity index (χ2v) is 13.9. The quantitative estimate of drug-likeness (QED) is 0.459. The van der Waals surface area contributed by atoms with Crippen LogP contribution in [0.2, 0.25) is 5.02 Å². The van der Waals surface area contributed by atoms with Gasteiger partial charge >= 0.3 is 0 Å². The first-order valence-electron chi connectivity index (χ1n) is 14.7. The smallest absolute Gasteiger partial charge is 0.254 e. The van der Waals surface area contributed by atoms with E-state index in [-0.39, 0.29) is 23.9 Å². The first kappa shape index (κ1) is 28.9. The second-order valence-electron chi connectivity index (χ2n) is 12.6. The lowest BCUT2D eigenvalue weighted by Gasteiger charge is -2.40. The average molecular weight is 601 g/mol. The lowest BCUT2D eigenvalue weighted by Crippen LogP contribution is -2.47. The number of nitrogens with zero attached hydrogens (tertiary/aromatic N) is 2. The summed E-state index contributed by atoms with van der Waals surface area (Å²) in [5.41, 5.74) is 2.24. The Hall–Kier alpha value is -2.20. The summed E-state index contributed by atoms with van der Waals surface area (Å²) in [5, 5.41) is 3.27. The Balaban J connectivity index is 1.11. The van der Waals surface area contributed by atoms with Crippen molar-refractivity contribution in [2.45, 2.75) is 69.7 Å². The number of nitrogens with one attached hydrogen (secondary N) is 2. The summed E-state index contributed by atoms with van der Waals surface area (Å²) in [7, 11) is 2.24. The van der Waals surface area contributed by atoms with Gasteiger partial charge in [0.1, 0.15) is 0 Å². The highest BCUT2D eigenvalue weighted by molar-refractivity contribution is 7.98. The van der Waals surface area contributed by atoms with Gasteiger partial charge in [0.15, 0.2) is 11.5 Å². The van der Waals surface area contributed by atoms with Crippen molar-refractivity contribution in [1.29, 1.82) is 0 Å². The molecule has 2 saturated heterocycles. The lowest BCUT2D eigenvalue weighted by molar-refractivity contribution is -0.124. The van der Waals surface area contributed by atoms with Gasteiger partial charge in [-0.15, -0.1) is 11.8 Å². The molecule has 1 aromatic heterocycles. The zero-order valence-corrected chi connectivity index (χ0v) is 26.2. The van der Waals surface area contributed by atoms with Crippen molar-refractivity contribution in [2.24, 2.45) is 17.8 Å². The molecule has 3 aliphatic heterocycles. The second kappa shape index (κ2) is 11.1. The van der Waals surface area contributed by atoms with E-state index in [9.17, 15) is 9.59 Å². The fraction of sp³-hybridized carbons (Fsp3) is 0.613. The molecule has 1 amide bonds. The van der Waals surface area contributed by atoms with Gasteiger partial charge in [0.05, 0.1) is 5.02 Å². The fourth-order valence-electron chi connectivity index (χ4n) is 7.58. The number of thioether (sulfide) groups is 1. The Morgan fingerprint density at radius 1 is 1.10 bits per heavy atom. The van der Waals surface area contributed by atoms with Gasteiger partial charge in [-0.3, -0.25) is 14.5 Å². The minimum atomic E-state index is -0.816. The van der Waals surface area contributed by atoms with E-state index in [1.165, 1.54) is 37.9 Å². The van der Waals surface area contributed by atoms with E-state index < -0.39 is 5.79 Å². The van der Waals surface area contributed by atoms with Gasteiger partial charge in [0, 0.05) is 78.9 Å². The maximum atomic E-state index is 13.3. The van der Waals surface area contributed by atoms with Crippen molar-refractivity contribution < 1.29 is 14.3 Å². The topological polar surface area (TPSA) is 86.9 Å². The fourth-order valence-corrected chi connectivity index (χ4v) is 8.51. The molecule has 1 aromatic carbocycles. The molecule has 222 valence electrons. The first-order valence-corrected chi connectivity index (χ1v) is 16.3. The number of amides is 1. The molecule has 0 radical (unpaired) electrons. The molecule has 2 unspecified atom stereocenters. The van der Waals surface area contributed by atoms with Crippen LogP contribution >= 0.6 is 23.4 Å². The van der Waals surface area contributed by atoms with E-state index in [0.29, 0.717) is 39.3 Å². The molecule has 10 heteroatoms. The molecule has 0 bridgehead atoms. The van der Waals surface area contributed by atoms with Crippen LogP contribution in [0.4, 0.5) is 0 Å². The molecule has 3 atom stereocenters. The van der Waals surface area contributed by atoms with Gasteiger partial charge < -0.3 is 24.7 Å². The van der Waals surface area contributed by atoms with Gasteiger partial charge in [-0.05, 0) is 76.8 Å². The Morgan fingerprint density at radius 3 is 2.41 bits per heavy atom. The molecule has 2 N–H and O–H groups in total. The van der Waals surface area contributed by atoms with Gasteiger partial charge in [-0.1, -0.05) is 11.6 Å². The van der Waals surface area contributed by atoms with Gasteiger partial charge in [0.2, 0.25) is 0 Å². The summed E-state index contributed by atoms with van der Waals surface area (Å²) in [6.07, 6.45) is 6.28. The third kappa shape index (κ3) is 5.39. The van der Waals surface area contributed by atoms with Gasteiger partial charge in [-0.2, -0.15) is 0 Å². The summed E-state index contributed by atoms with van der Waals surface area (Å²) in [4.78, 5) is 34.7. The van der Waals surface area contributed by atoms with Crippen LogP contribution in [0.25, 0.3) is 0 Å². The van der Waals surface area contributed by atoms with Crippen LogP contribution < -0.4 is 20.3 Å². The van der Waals surface area contributed by atoms with Crippen LogP contribution in [0.5, 0.6) is 11.5 Å². The third-order valence-electron chi connectivity index (χ3n) is 9.82. The Bertz CT molecular complexity index is 1390. The van der Waals surface area contributed by atoms with Gasteiger partial charge in [-0.25, -0.2) is 0 Å². The summed E-state index contributed by atoms with van der Waals surface area (Å²) in [6, 6.07) is 4.20. The summed E-state index contributed by atoms with van der Waals surface area (Å²) >= 11 is 8.16. The summed E-state index contributed by atoms with van der Waals surface area (Å²) in [5.74, 6) is 1.83. The number of aryl methyl sites for hydroxylation is 1. The van der Waals surface area contributed by atoms with Crippen LogP contribution in [0.1, 0.15) is 59.8 Å². The number of H-pyrrole nitrogens is 1. The molecule has 3 fully saturated rings. The van der Waals surface area contributed by atoms with Crippen LogP contribution in [-0.2, 0) is 6.54 Å². The molecule has 4 aliphatic rings. The third-order valence-corrected chi connectivity index (χ3v) is 10.9. The maximum absolute atomic E-state index is 13.3. The molecule has 4 heterocycles. The predicted molar refractivity (Wildman–Crippen MR) is 162 cm³/mol. The zero-order valence-electron chi connectivity index (χ0n) is 24.6. The SMILES string of the molecule is CSc1cc(C)[nH]c(=O)c1CNC(=O)c1cc(Cl)c2c(c1C)O[C@@](C)([C@H]1CC[C@@H](N3CC4CN(C)CC4C3)CC1)O2. The van der Waals surface area contributed by atoms with E-state index in [1.54, 1.807) is 6.07 Å². The number of aromatic amines is 1. The molecule has 0 spiro atoms. The van der Waals surface area contributed by atoms with Crippen molar-refractivity contribution in [3.05, 3.63) is 49.9 Å². The lowest BCUT2D eigenvalue weighted by atomic mass is 9.81. The highest BCUT2D eigenvalue weighted by Crippen LogP contribution is 2.52. The number of carbonyl (C=O) groups is 1. The highest BCUT2D eigenvalue weighted by atomic mass is 35.5. The molecular formula is C31H41ClN4O4S. The van der Waals surface area contributed by atoms with Crippen LogP contribution in [0, 0.1) is 31.6 Å². The normalized spacial score (nSPS) is 29.6. The van der Waals surface area contributed by atoms with Crippen molar-refractivity contribution in [2.75, 3.05) is 39.5 Å². The molecule has 1 aliphatic carbocycles. The van der Waals surface area contributed by atoms with E-state index in [1.807, 2.05) is 33.1 Å². The number of aromatic nitrogens is 1. The van der Waals surface area contributed by atoms with Crippen molar-refractivity contribution >= 4 is 29.3 Å². The molecule has 2 aromatic rings. The molecular weight excluding hydrogens is 560 g/mol. The number of pyridine rings is 1. The molecule has 1 saturated carbocycles. The van der Waals surface area contributed by atoms with Crippen LogP contribution in [-0.4, -0.2) is 72.0 Å². The van der Waals surface area contributed by atoms with E-state index in [2.05, 4.69) is 27.1 Å². The Kier molecular flexibility index (Phi) is 7.85.